The van der Waals surface area contributed by atoms with Gasteiger partial charge < -0.3 is 15.8 Å². The fraction of sp³-hybridized carbons (Fsp3) is 0.353. The lowest BCUT2D eigenvalue weighted by Gasteiger charge is -2.10. The highest BCUT2D eigenvalue weighted by atomic mass is 32.1. The lowest BCUT2D eigenvalue weighted by Crippen LogP contribution is -2.39. The highest BCUT2D eigenvalue weighted by Gasteiger charge is 2.18. The molecule has 2 aromatic rings. The summed E-state index contributed by atoms with van der Waals surface area (Å²) in [6.45, 7) is 1.58. The number of hydrogen-bond acceptors (Lipinski definition) is 6. The predicted octanol–water partition coefficient (Wildman–Crippen LogP) is 1.61. The van der Waals surface area contributed by atoms with Crippen LogP contribution in [-0.2, 0) is 27.2 Å². The second kappa shape index (κ2) is 8.56. The number of hydrogen-bond donors (Lipinski definition) is 2. The molecule has 24 heavy (non-hydrogen) atoms. The first-order valence-electron chi connectivity index (χ1n) is 7.60. The zero-order valence-electron chi connectivity index (χ0n) is 13.7. The van der Waals surface area contributed by atoms with Crippen LogP contribution in [0.3, 0.4) is 0 Å². The third kappa shape index (κ3) is 5.14. The van der Waals surface area contributed by atoms with Crippen molar-refractivity contribution in [3.63, 3.8) is 0 Å². The van der Waals surface area contributed by atoms with E-state index in [1.54, 1.807) is 6.92 Å². The molecule has 0 aliphatic heterocycles. The maximum absolute atomic E-state index is 11.9. The van der Waals surface area contributed by atoms with E-state index in [2.05, 4.69) is 15.0 Å². The van der Waals surface area contributed by atoms with E-state index in [4.69, 9.17) is 5.73 Å². The van der Waals surface area contributed by atoms with Crippen LogP contribution in [0.1, 0.15) is 29.2 Å². The normalized spacial score (nSPS) is 13.1. The molecule has 2 atom stereocenters. The van der Waals surface area contributed by atoms with Gasteiger partial charge in [-0.25, -0.2) is 9.78 Å². The summed E-state index contributed by atoms with van der Waals surface area (Å²) in [4.78, 5) is 27.7. The average Bonchev–Trinajstić information content (AvgIpc) is 3.03. The minimum Gasteiger partial charge on any atom is -0.467 e. The number of carbonyl (C=O) groups is 2. The van der Waals surface area contributed by atoms with E-state index in [-0.39, 0.29) is 18.4 Å². The minimum absolute atomic E-state index is 0.107. The van der Waals surface area contributed by atoms with Gasteiger partial charge in [-0.1, -0.05) is 30.3 Å². The minimum atomic E-state index is -0.680. The van der Waals surface area contributed by atoms with Crippen molar-refractivity contribution in [1.29, 1.82) is 0 Å². The number of nitrogens with one attached hydrogen (secondary N) is 1. The van der Waals surface area contributed by atoms with Gasteiger partial charge in [0.05, 0.1) is 25.3 Å². The van der Waals surface area contributed by atoms with Gasteiger partial charge in [-0.05, 0) is 18.9 Å². The van der Waals surface area contributed by atoms with E-state index in [0.29, 0.717) is 12.1 Å². The molecule has 0 saturated heterocycles. The number of nitrogens with zero attached hydrogens (tertiary/aromatic N) is 1. The molecule has 2 unspecified atom stereocenters. The molecule has 1 aromatic carbocycles. The summed E-state index contributed by atoms with van der Waals surface area (Å²) < 4.78 is 4.57. The van der Waals surface area contributed by atoms with Crippen LogP contribution in [0, 0.1) is 0 Å². The van der Waals surface area contributed by atoms with Crippen molar-refractivity contribution in [2.45, 2.75) is 31.8 Å². The second-order valence-electron chi connectivity index (χ2n) is 5.46. The highest BCUT2D eigenvalue weighted by molar-refractivity contribution is 7.09. The Kier molecular flexibility index (Phi) is 6.45. The Hall–Kier alpha value is -2.25. The van der Waals surface area contributed by atoms with Crippen molar-refractivity contribution in [2.24, 2.45) is 5.73 Å². The molecule has 3 N–H and O–H groups in total. The molecular formula is C17H21N3O3S. The summed E-state index contributed by atoms with van der Waals surface area (Å²) in [7, 11) is 1.28. The number of carbonyl (C=O) groups excluding carboxylic acids is 2. The van der Waals surface area contributed by atoms with Crippen LogP contribution in [0.15, 0.2) is 35.7 Å². The van der Waals surface area contributed by atoms with E-state index in [0.717, 1.165) is 10.6 Å². The van der Waals surface area contributed by atoms with Crippen molar-refractivity contribution in [3.8, 4) is 0 Å². The molecule has 6 nitrogen and oxygen atoms in total. The monoisotopic (exact) mass is 347 g/mol. The zero-order valence-corrected chi connectivity index (χ0v) is 14.5. The Morgan fingerprint density at radius 1 is 1.33 bits per heavy atom. The smallest absolute Gasteiger partial charge is 0.328 e. The fourth-order valence-electron chi connectivity index (χ4n) is 2.22. The molecule has 1 amide bonds. The van der Waals surface area contributed by atoms with Crippen molar-refractivity contribution < 1.29 is 14.3 Å². The molecule has 0 fully saturated rings. The predicted molar refractivity (Wildman–Crippen MR) is 92.5 cm³/mol. The molecule has 0 bridgehead atoms. The quantitative estimate of drug-likeness (QED) is 0.742. The molecule has 0 aliphatic rings. The number of amides is 1. The van der Waals surface area contributed by atoms with Gasteiger partial charge in [-0.2, -0.15) is 0 Å². The number of nitrogens with two attached hydrogens (primary N) is 1. The largest absolute Gasteiger partial charge is 0.467 e. The number of benzene rings is 1. The fourth-order valence-corrected chi connectivity index (χ4v) is 3.04. The molecule has 0 radical (unpaired) electrons. The molecule has 7 heteroatoms. The van der Waals surface area contributed by atoms with Crippen LogP contribution >= 0.6 is 11.3 Å². The number of esters is 1. The summed E-state index contributed by atoms with van der Waals surface area (Å²) in [6, 6.07) is 9.07. The van der Waals surface area contributed by atoms with Gasteiger partial charge in [0.2, 0.25) is 5.91 Å². The molecule has 1 aromatic heterocycles. The van der Waals surface area contributed by atoms with Gasteiger partial charge in [0.1, 0.15) is 11.0 Å². The van der Waals surface area contributed by atoms with Crippen LogP contribution in [0.2, 0.25) is 0 Å². The maximum Gasteiger partial charge on any atom is 0.328 e. The van der Waals surface area contributed by atoms with Crippen LogP contribution in [0.5, 0.6) is 0 Å². The van der Waals surface area contributed by atoms with Gasteiger partial charge >= 0.3 is 5.97 Å². The number of thiazole rings is 1. The third-order valence-electron chi connectivity index (χ3n) is 3.46. The number of aromatic nitrogens is 1. The summed E-state index contributed by atoms with van der Waals surface area (Å²) in [6.07, 6.45) is 0.801. The Labute approximate surface area is 145 Å². The van der Waals surface area contributed by atoms with Crippen LogP contribution in [0.25, 0.3) is 0 Å². The van der Waals surface area contributed by atoms with Crippen LogP contribution in [0.4, 0.5) is 0 Å². The first-order valence-corrected chi connectivity index (χ1v) is 8.48. The van der Waals surface area contributed by atoms with E-state index >= 15 is 0 Å². The summed E-state index contributed by atoms with van der Waals surface area (Å²) in [5, 5.41) is 5.19. The van der Waals surface area contributed by atoms with E-state index in [9.17, 15) is 9.59 Å². The van der Waals surface area contributed by atoms with Gasteiger partial charge in [0.15, 0.2) is 0 Å². The topological polar surface area (TPSA) is 94.3 Å². The van der Waals surface area contributed by atoms with E-state index in [1.165, 1.54) is 18.4 Å². The SMILES string of the molecule is COC(=O)C(C)NC(=O)Cc1csc(C(N)Cc2ccccc2)n1. The van der Waals surface area contributed by atoms with E-state index < -0.39 is 12.0 Å². The molecule has 0 aliphatic carbocycles. The summed E-state index contributed by atoms with van der Waals surface area (Å²) in [5.74, 6) is -0.756. The summed E-state index contributed by atoms with van der Waals surface area (Å²) >= 11 is 1.44. The molecule has 1 heterocycles. The van der Waals surface area contributed by atoms with Crippen LogP contribution < -0.4 is 11.1 Å². The highest BCUT2D eigenvalue weighted by Crippen LogP contribution is 2.20. The van der Waals surface area contributed by atoms with Crippen molar-refractivity contribution in [1.82, 2.24) is 10.3 Å². The lowest BCUT2D eigenvalue weighted by molar-refractivity contribution is -0.144. The van der Waals surface area contributed by atoms with Crippen molar-refractivity contribution in [3.05, 3.63) is 52.0 Å². The Bertz CT molecular complexity index is 687. The number of ether oxygens (including phenoxy) is 1. The molecule has 0 spiro atoms. The Morgan fingerprint density at radius 2 is 2.04 bits per heavy atom. The summed E-state index contributed by atoms with van der Waals surface area (Å²) in [5.41, 5.74) is 7.99. The maximum atomic E-state index is 11.9. The van der Waals surface area contributed by atoms with Crippen molar-refractivity contribution >= 4 is 23.2 Å². The Morgan fingerprint density at radius 3 is 2.71 bits per heavy atom. The van der Waals surface area contributed by atoms with Crippen molar-refractivity contribution in [2.75, 3.05) is 7.11 Å². The van der Waals surface area contributed by atoms with Crippen LogP contribution in [-0.4, -0.2) is 30.0 Å². The number of methoxy groups -OCH3 is 1. The first-order chi connectivity index (χ1) is 11.5. The second-order valence-corrected chi connectivity index (χ2v) is 6.35. The average molecular weight is 347 g/mol. The van der Waals surface area contributed by atoms with Gasteiger partial charge in [0.25, 0.3) is 0 Å². The standard InChI is InChI=1S/C17H21N3O3S/c1-11(17(22)23-2)19-15(21)9-13-10-24-16(20-13)14(18)8-12-6-4-3-5-7-12/h3-7,10-11,14H,8-9,18H2,1-2H3,(H,19,21). The van der Waals surface area contributed by atoms with Gasteiger partial charge in [-0.3, -0.25) is 4.79 Å². The molecular weight excluding hydrogens is 326 g/mol. The molecule has 0 saturated carbocycles. The molecule has 128 valence electrons. The molecule has 2 rings (SSSR count). The van der Waals surface area contributed by atoms with Gasteiger partial charge in [-0.15, -0.1) is 11.3 Å². The number of rotatable bonds is 7. The lowest BCUT2D eigenvalue weighted by atomic mass is 10.1. The Balaban J connectivity index is 1.90. The van der Waals surface area contributed by atoms with E-state index in [1.807, 2.05) is 35.7 Å². The van der Waals surface area contributed by atoms with Gasteiger partial charge in [0, 0.05) is 5.38 Å². The zero-order chi connectivity index (χ0) is 17.5. The first kappa shape index (κ1) is 18.1. The third-order valence-corrected chi connectivity index (χ3v) is 4.48.